The molecule has 0 saturated heterocycles. The molecule has 1 atom stereocenters. The molecule has 1 heterocycles. The molecule has 1 N–H and O–H groups in total. The summed E-state index contributed by atoms with van der Waals surface area (Å²) in [6, 6.07) is 15.6. The van der Waals surface area contributed by atoms with Gasteiger partial charge in [-0.1, -0.05) is 35.3 Å². The van der Waals surface area contributed by atoms with Crippen LogP contribution in [0.25, 0.3) is 0 Å². The molecule has 4 rings (SSSR count). The van der Waals surface area contributed by atoms with E-state index in [1.807, 2.05) is 0 Å². The van der Waals surface area contributed by atoms with Gasteiger partial charge in [-0.05, 0) is 61.0 Å². The molecule has 1 aliphatic rings. The second-order valence-corrected chi connectivity index (χ2v) is 7.89. The summed E-state index contributed by atoms with van der Waals surface area (Å²) in [6.45, 7) is 1.91. The third kappa shape index (κ3) is 4.50. The van der Waals surface area contributed by atoms with Crippen LogP contribution in [-0.2, 0) is 11.3 Å². The highest BCUT2D eigenvalue weighted by molar-refractivity contribution is 6.42. The first kappa shape index (κ1) is 21.2. The van der Waals surface area contributed by atoms with Crippen LogP contribution >= 0.6 is 23.2 Å². The number of anilines is 2. The van der Waals surface area contributed by atoms with Crippen molar-refractivity contribution in [2.45, 2.75) is 19.6 Å². The lowest BCUT2D eigenvalue weighted by atomic mass is 10.1. The summed E-state index contributed by atoms with van der Waals surface area (Å²) < 4.78 is 19.0. The van der Waals surface area contributed by atoms with Crippen molar-refractivity contribution in [2.75, 3.05) is 10.2 Å². The summed E-state index contributed by atoms with van der Waals surface area (Å²) >= 11 is 11.9. The third-order valence-corrected chi connectivity index (χ3v) is 5.60. The predicted molar refractivity (Wildman–Crippen MR) is 119 cm³/mol. The van der Waals surface area contributed by atoms with Gasteiger partial charge in [-0.25, -0.2) is 4.39 Å². The normalized spacial score (nSPS) is 15.3. The summed E-state index contributed by atoms with van der Waals surface area (Å²) in [5, 5.41) is 3.42. The molecule has 0 aromatic heterocycles. The Bertz CT molecular complexity index is 1170. The van der Waals surface area contributed by atoms with Crippen LogP contribution in [0.2, 0.25) is 10.0 Å². The van der Waals surface area contributed by atoms with E-state index in [9.17, 15) is 14.0 Å². The number of carbonyl (C=O) groups is 2. The van der Waals surface area contributed by atoms with E-state index < -0.39 is 6.10 Å². The molecule has 5 nitrogen and oxygen atoms in total. The standard InChI is InChI=1S/C23H17Cl2FN2O3/c1-13-23(30)28(12-14-2-5-16(26)6-3-14)20-11-17(7-9-21(20)31-13)27-22(29)15-4-8-18(24)19(25)10-15/h2-11,13H,12H2,1H3,(H,27,29). The van der Waals surface area contributed by atoms with Crippen LogP contribution < -0.4 is 15.0 Å². The number of nitrogens with zero attached hydrogens (tertiary/aromatic N) is 1. The van der Waals surface area contributed by atoms with E-state index in [0.29, 0.717) is 27.7 Å². The van der Waals surface area contributed by atoms with Crippen molar-refractivity contribution in [3.8, 4) is 5.75 Å². The molecule has 158 valence electrons. The van der Waals surface area contributed by atoms with E-state index in [1.165, 1.54) is 18.2 Å². The van der Waals surface area contributed by atoms with Crippen LogP contribution in [0.1, 0.15) is 22.8 Å². The van der Waals surface area contributed by atoms with Gasteiger partial charge in [-0.2, -0.15) is 0 Å². The van der Waals surface area contributed by atoms with Gasteiger partial charge < -0.3 is 15.0 Å². The second kappa shape index (κ2) is 8.57. The fourth-order valence-electron chi connectivity index (χ4n) is 3.26. The zero-order chi connectivity index (χ0) is 22.1. The van der Waals surface area contributed by atoms with Crippen LogP contribution in [0.5, 0.6) is 5.75 Å². The summed E-state index contributed by atoms with van der Waals surface area (Å²) in [5.74, 6) is -0.440. The minimum atomic E-state index is -0.662. The molecule has 0 aliphatic carbocycles. The van der Waals surface area contributed by atoms with Gasteiger partial charge in [0.25, 0.3) is 11.8 Å². The van der Waals surface area contributed by atoms with E-state index in [-0.39, 0.29) is 29.2 Å². The van der Waals surface area contributed by atoms with Crippen LogP contribution in [-0.4, -0.2) is 17.9 Å². The average molecular weight is 459 g/mol. The minimum absolute atomic E-state index is 0.232. The number of ether oxygens (including phenoxy) is 1. The first-order valence-corrected chi connectivity index (χ1v) is 10.2. The van der Waals surface area contributed by atoms with E-state index >= 15 is 0 Å². The van der Waals surface area contributed by atoms with E-state index in [1.54, 1.807) is 54.3 Å². The number of amides is 2. The van der Waals surface area contributed by atoms with Crippen LogP contribution in [0.3, 0.4) is 0 Å². The summed E-state index contributed by atoms with van der Waals surface area (Å²) in [5.41, 5.74) is 2.10. The summed E-state index contributed by atoms with van der Waals surface area (Å²) in [6.07, 6.45) is -0.662. The van der Waals surface area contributed by atoms with E-state index in [0.717, 1.165) is 5.56 Å². The summed E-state index contributed by atoms with van der Waals surface area (Å²) in [7, 11) is 0. The number of halogens is 3. The predicted octanol–water partition coefficient (Wildman–Crippen LogP) is 5.70. The maximum absolute atomic E-state index is 13.2. The third-order valence-electron chi connectivity index (χ3n) is 4.86. The van der Waals surface area contributed by atoms with Gasteiger partial charge in [-0.15, -0.1) is 0 Å². The maximum Gasteiger partial charge on any atom is 0.268 e. The van der Waals surface area contributed by atoms with Crippen molar-refractivity contribution in [2.24, 2.45) is 0 Å². The highest BCUT2D eigenvalue weighted by Gasteiger charge is 2.32. The lowest BCUT2D eigenvalue weighted by Crippen LogP contribution is -2.44. The Hall–Kier alpha value is -3.09. The molecule has 0 spiro atoms. The first-order chi connectivity index (χ1) is 14.8. The van der Waals surface area contributed by atoms with E-state index in [4.69, 9.17) is 27.9 Å². The Labute approximate surface area is 188 Å². The van der Waals surface area contributed by atoms with Crippen molar-refractivity contribution in [3.05, 3.63) is 87.7 Å². The number of fused-ring (bicyclic) bond motifs is 1. The largest absolute Gasteiger partial charge is 0.479 e. The Morgan fingerprint density at radius 1 is 1.06 bits per heavy atom. The number of carbonyl (C=O) groups excluding carboxylic acids is 2. The number of hydrogen-bond donors (Lipinski definition) is 1. The molecule has 0 radical (unpaired) electrons. The van der Waals surface area contributed by atoms with Gasteiger partial charge in [0.1, 0.15) is 11.6 Å². The van der Waals surface area contributed by atoms with Crippen molar-refractivity contribution >= 4 is 46.4 Å². The molecule has 0 saturated carbocycles. The molecular formula is C23H17Cl2FN2O3. The highest BCUT2D eigenvalue weighted by Crippen LogP contribution is 2.37. The number of nitrogens with one attached hydrogen (secondary N) is 1. The zero-order valence-corrected chi connectivity index (χ0v) is 17.9. The molecule has 1 unspecified atom stereocenters. The van der Waals surface area contributed by atoms with Gasteiger partial charge in [0.05, 0.1) is 22.3 Å². The maximum atomic E-state index is 13.2. The quantitative estimate of drug-likeness (QED) is 0.545. The van der Waals surface area contributed by atoms with Crippen LogP contribution in [0.4, 0.5) is 15.8 Å². The van der Waals surface area contributed by atoms with Gasteiger partial charge >= 0.3 is 0 Å². The zero-order valence-electron chi connectivity index (χ0n) is 16.4. The van der Waals surface area contributed by atoms with E-state index in [2.05, 4.69) is 5.32 Å². The smallest absolute Gasteiger partial charge is 0.268 e. The molecular weight excluding hydrogens is 442 g/mol. The van der Waals surface area contributed by atoms with Crippen molar-refractivity contribution in [3.63, 3.8) is 0 Å². The van der Waals surface area contributed by atoms with Gasteiger partial charge in [0, 0.05) is 11.3 Å². The molecule has 0 fully saturated rings. The Balaban J connectivity index is 1.62. The van der Waals surface area contributed by atoms with Gasteiger partial charge in [-0.3, -0.25) is 9.59 Å². The number of rotatable bonds is 4. The average Bonchev–Trinajstić information content (AvgIpc) is 2.75. The fourth-order valence-corrected chi connectivity index (χ4v) is 3.56. The molecule has 2 amide bonds. The van der Waals surface area contributed by atoms with Crippen molar-refractivity contribution in [1.82, 2.24) is 0 Å². The molecule has 31 heavy (non-hydrogen) atoms. The number of benzene rings is 3. The highest BCUT2D eigenvalue weighted by atomic mass is 35.5. The number of hydrogen-bond acceptors (Lipinski definition) is 3. The lowest BCUT2D eigenvalue weighted by Gasteiger charge is -2.33. The fraction of sp³-hybridized carbons (Fsp3) is 0.130. The Morgan fingerprint density at radius 3 is 2.52 bits per heavy atom. The summed E-state index contributed by atoms with van der Waals surface area (Å²) in [4.78, 5) is 27.0. The first-order valence-electron chi connectivity index (χ1n) is 9.45. The minimum Gasteiger partial charge on any atom is -0.479 e. The van der Waals surface area contributed by atoms with Gasteiger partial charge in [0.2, 0.25) is 0 Å². The van der Waals surface area contributed by atoms with Crippen molar-refractivity contribution < 1.29 is 18.7 Å². The van der Waals surface area contributed by atoms with Crippen LogP contribution in [0, 0.1) is 5.82 Å². The Morgan fingerprint density at radius 2 is 1.81 bits per heavy atom. The monoisotopic (exact) mass is 458 g/mol. The molecule has 8 heteroatoms. The molecule has 0 bridgehead atoms. The topological polar surface area (TPSA) is 58.6 Å². The Kier molecular flexibility index (Phi) is 5.85. The lowest BCUT2D eigenvalue weighted by molar-refractivity contribution is -0.125. The molecule has 3 aromatic carbocycles. The van der Waals surface area contributed by atoms with Crippen molar-refractivity contribution in [1.29, 1.82) is 0 Å². The SMILES string of the molecule is CC1Oc2ccc(NC(=O)c3ccc(Cl)c(Cl)c3)cc2N(Cc2ccc(F)cc2)C1=O. The van der Waals surface area contributed by atoms with Gasteiger partial charge in [0.15, 0.2) is 6.10 Å². The van der Waals surface area contributed by atoms with Crippen LogP contribution in [0.15, 0.2) is 60.7 Å². The second-order valence-electron chi connectivity index (χ2n) is 7.08. The molecule has 3 aromatic rings. The molecule has 1 aliphatic heterocycles.